The van der Waals surface area contributed by atoms with Gasteiger partial charge < -0.3 is 14.2 Å². The van der Waals surface area contributed by atoms with Crippen molar-refractivity contribution in [1.82, 2.24) is 0 Å². The zero-order valence-electron chi connectivity index (χ0n) is 22.8. The maximum atomic E-state index is 6.18. The van der Waals surface area contributed by atoms with Crippen molar-refractivity contribution < 1.29 is 14.2 Å². The minimum atomic E-state index is 0.338. The van der Waals surface area contributed by atoms with Crippen LogP contribution in [0.4, 0.5) is 0 Å². The molecule has 0 radical (unpaired) electrons. The van der Waals surface area contributed by atoms with E-state index in [4.69, 9.17) is 83.8 Å². The van der Waals surface area contributed by atoms with Gasteiger partial charge in [0.2, 0.25) is 0 Å². The van der Waals surface area contributed by atoms with Crippen molar-refractivity contribution in [2.75, 3.05) is 0 Å². The second-order valence-electron chi connectivity index (χ2n) is 9.78. The summed E-state index contributed by atoms with van der Waals surface area (Å²) in [5.74, 6) is 4.39. The first-order valence-electron chi connectivity index (χ1n) is 13.2. The lowest BCUT2D eigenvalue weighted by Crippen LogP contribution is -2.04. The van der Waals surface area contributed by atoms with Crippen molar-refractivity contribution in [3.05, 3.63) is 123 Å². The van der Waals surface area contributed by atoms with Gasteiger partial charge in [-0.25, -0.2) is 0 Å². The van der Waals surface area contributed by atoms with Crippen LogP contribution in [0.25, 0.3) is 0 Å². The molecular weight excluding hydrogens is 657 g/mol. The third-order valence-corrected chi connectivity index (χ3v) is 8.18. The lowest BCUT2D eigenvalue weighted by Gasteiger charge is -2.15. The normalized spacial score (nSPS) is 11.0. The fraction of sp³-hybridized carbons (Fsp3) is 0.273. The maximum Gasteiger partial charge on any atom is 0.120 e. The van der Waals surface area contributed by atoms with Crippen LogP contribution in [-0.2, 0) is 55.1 Å². The molecule has 0 unspecified atom stereocenters. The van der Waals surface area contributed by atoms with Gasteiger partial charge in [-0.1, -0.05) is 18.2 Å². The summed E-state index contributed by atoms with van der Waals surface area (Å²) in [7, 11) is 0. The molecule has 0 amide bonds. The van der Waals surface area contributed by atoms with Crippen LogP contribution in [0, 0.1) is 0 Å². The van der Waals surface area contributed by atoms with Gasteiger partial charge >= 0.3 is 0 Å². The molecule has 4 rings (SSSR count). The summed E-state index contributed by atoms with van der Waals surface area (Å²) < 4.78 is 18.5. The Balaban J connectivity index is 1.57. The largest absolute Gasteiger partial charge is 0.489 e. The van der Waals surface area contributed by atoms with Crippen LogP contribution >= 0.6 is 69.6 Å². The molecule has 0 saturated heterocycles. The van der Waals surface area contributed by atoms with E-state index in [1.54, 1.807) is 0 Å². The van der Waals surface area contributed by atoms with Gasteiger partial charge in [0.15, 0.2) is 0 Å². The van der Waals surface area contributed by atoms with Crippen LogP contribution in [0.2, 0.25) is 0 Å². The van der Waals surface area contributed by atoms with E-state index < -0.39 is 0 Å². The molecule has 0 heterocycles. The highest BCUT2D eigenvalue weighted by atomic mass is 35.5. The molecule has 0 spiro atoms. The molecule has 42 heavy (non-hydrogen) atoms. The lowest BCUT2D eigenvalue weighted by molar-refractivity contribution is 0.293. The Kier molecular flexibility index (Phi) is 13.1. The van der Waals surface area contributed by atoms with E-state index in [1.165, 1.54) is 0 Å². The summed E-state index contributed by atoms with van der Waals surface area (Å²) >= 11 is 36.5. The number of halogens is 6. The molecule has 4 aromatic carbocycles. The third-order valence-electron chi connectivity index (χ3n) is 6.33. The van der Waals surface area contributed by atoms with Crippen molar-refractivity contribution >= 4 is 69.6 Å². The van der Waals surface area contributed by atoms with Crippen LogP contribution in [0.3, 0.4) is 0 Å². The van der Waals surface area contributed by atoms with Gasteiger partial charge in [0.25, 0.3) is 0 Å². The van der Waals surface area contributed by atoms with Gasteiger partial charge in [0.05, 0.1) is 0 Å². The van der Waals surface area contributed by atoms with Crippen LogP contribution in [0.15, 0.2) is 72.8 Å². The minimum absolute atomic E-state index is 0.338. The second kappa shape index (κ2) is 16.8. The van der Waals surface area contributed by atoms with Crippen LogP contribution in [-0.4, -0.2) is 0 Å². The second-order valence-corrected chi connectivity index (χ2v) is 11.4. The van der Waals surface area contributed by atoms with E-state index in [0.29, 0.717) is 72.3 Å². The Labute approximate surface area is 277 Å². The topological polar surface area (TPSA) is 27.7 Å². The number of hydrogen-bond donors (Lipinski definition) is 0. The number of benzene rings is 4. The summed E-state index contributed by atoms with van der Waals surface area (Å²) in [6, 6.07) is 23.7. The van der Waals surface area contributed by atoms with E-state index in [0.717, 1.165) is 50.1 Å². The molecule has 0 bridgehead atoms. The van der Waals surface area contributed by atoms with Crippen LogP contribution in [0.1, 0.15) is 50.1 Å². The minimum Gasteiger partial charge on any atom is -0.489 e. The summed E-state index contributed by atoms with van der Waals surface area (Å²) in [5, 5.41) is 0. The first-order valence-corrected chi connectivity index (χ1v) is 16.4. The first-order chi connectivity index (χ1) is 20.4. The fourth-order valence-electron chi connectivity index (χ4n) is 4.49. The molecule has 0 aromatic heterocycles. The predicted octanol–water partition coefficient (Wildman–Crippen LogP) is 10.9. The molecule has 0 aliphatic carbocycles. The highest BCUT2D eigenvalue weighted by Crippen LogP contribution is 2.25. The number of alkyl halides is 6. The molecule has 0 saturated carbocycles. The predicted molar refractivity (Wildman–Crippen MR) is 176 cm³/mol. The SMILES string of the molecule is ClCc1cc(CCl)cc(OCc2cc(COc3cc(CCl)cc(CCl)c3)cc(COc3cc(CCl)cc(CCl)c3)c2)c1. The van der Waals surface area contributed by atoms with E-state index in [-0.39, 0.29) is 0 Å². The summed E-state index contributed by atoms with van der Waals surface area (Å²) in [6.45, 7) is 1.01. The number of ether oxygens (including phenoxy) is 3. The average molecular weight is 687 g/mol. The molecule has 222 valence electrons. The molecule has 3 nitrogen and oxygen atoms in total. The monoisotopic (exact) mass is 684 g/mol. The van der Waals surface area contributed by atoms with Crippen molar-refractivity contribution in [2.45, 2.75) is 55.1 Å². The van der Waals surface area contributed by atoms with E-state index in [1.807, 2.05) is 54.6 Å². The summed E-state index contributed by atoms with van der Waals surface area (Å²) in [4.78, 5) is 0. The van der Waals surface area contributed by atoms with Gasteiger partial charge in [-0.05, 0) is 105 Å². The Morgan fingerprint density at radius 2 is 0.476 bits per heavy atom. The Hall–Kier alpha value is -1.98. The van der Waals surface area contributed by atoms with Gasteiger partial charge in [-0.2, -0.15) is 0 Å². The lowest BCUT2D eigenvalue weighted by atomic mass is 10.1. The molecule has 0 fully saturated rings. The van der Waals surface area contributed by atoms with Gasteiger partial charge in [-0.15, -0.1) is 69.6 Å². The molecule has 9 heteroatoms. The molecule has 0 N–H and O–H groups in total. The molecule has 0 atom stereocenters. The van der Waals surface area contributed by atoms with E-state index >= 15 is 0 Å². The highest BCUT2D eigenvalue weighted by molar-refractivity contribution is 6.18. The van der Waals surface area contributed by atoms with Gasteiger partial charge in [0, 0.05) is 35.3 Å². The standard InChI is InChI=1S/C33H30Cl6O3/c34-13-22-1-23(14-35)8-31(7-22)40-19-28-4-29(20-41-32-9-24(15-36)2-25(10-32)16-37)6-30(5-28)21-42-33-11-26(17-38)3-27(12-33)18-39/h1-12H,13-21H2. The Bertz CT molecular complexity index is 1220. The first kappa shape index (κ1) is 32.9. The van der Waals surface area contributed by atoms with Crippen molar-refractivity contribution in [3.8, 4) is 17.2 Å². The number of rotatable bonds is 15. The molecular formula is C33H30Cl6O3. The zero-order chi connectivity index (χ0) is 29.9. The van der Waals surface area contributed by atoms with Gasteiger partial charge in [-0.3, -0.25) is 0 Å². The summed E-state index contributed by atoms with van der Waals surface area (Å²) in [6.07, 6.45) is 0. The Morgan fingerprint density at radius 3 is 0.667 bits per heavy atom. The number of hydrogen-bond acceptors (Lipinski definition) is 3. The van der Waals surface area contributed by atoms with Gasteiger partial charge in [0.1, 0.15) is 37.1 Å². The fourth-order valence-corrected chi connectivity index (χ4v) is 5.41. The third kappa shape index (κ3) is 9.77. The Morgan fingerprint density at radius 1 is 0.286 bits per heavy atom. The van der Waals surface area contributed by atoms with Crippen molar-refractivity contribution in [1.29, 1.82) is 0 Å². The van der Waals surface area contributed by atoms with Crippen LogP contribution in [0.5, 0.6) is 17.2 Å². The maximum absolute atomic E-state index is 6.18. The van der Waals surface area contributed by atoms with Crippen LogP contribution < -0.4 is 14.2 Å². The van der Waals surface area contributed by atoms with Crippen molar-refractivity contribution in [3.63, 3.8) is 0 Å². The van der Waals surface area contributed by atoms with Crippen molar-refractivity contribution in [2.24, 2.45) is 0 Å². The molecule has 0 aliphatic heterocycles. The highest BCUT2D eigenvalue weighted by Gasteiger charge is 2.09. The molecule has 0 aliphatic rings. The van der Waals surface area contributed by atoms with E-state index in [9.17, 15) is 0 Å². The van der Waals surface area contributed by atoms with E-state index in [2.05, 4.69) is 18.2 Å². The quantitative estimate of drug-likeness (QED) is 0.117. The smallest absolute Gasteiger partial charge is 0.120 e. The average Bonchev–Trinajstić information content (AvgIpc) is 3.04. The summed E-state index contributed by atoms with van der Waals surface area (Å²) in [5.41, 5.74) is 8.60. The zero-order valence-corrected chi connectivity index (χ0v) is 27.3. The molecule has 4 aromatic rings.